The van der Waals surface area contributed by atoms with Gasteiger partial charge in [-0.1, -0.05) is 41.9 Å². The van der Waals surface area contributed by atoms with Crippen LogP contribution >= 0.6 is 0 Å². The molecule has 1 N–H and O–H groups in total. The molecule has 1 aromatic carbocycles. The highest BCUT2D eigenvalue weighted by Gasteiger charge is 2.32. The van der Waals surface area contributed by atoms with Crippen molar-refractivity contribution in [2.75, 3.05) is 19.7 Å². The summed E-state index contributed by atoms with van der Waals surface area (Å²) in [6, 6.07) is 8.13. The van der Waals surface area contributed by atoms with Crippen LogP contribution in [0.3, 0.4) is 0 Å². The van der Waals surface area contributed by atoms with Gasteiger partial charge in [0.1, 0.15) is 0 Å². The van der Waals surface area contributed by atoms with Gasteiger partial charge in [0.2, 0.25) is 11.7 Å². The first-order valence-electron chi connectivity index (χ1n) is 8.37. The highest BCUT2D eigenvalue weighted by molar-refractivity contribution is 5.54. The van der Waals surface area contributed by atoms with Crippen molar-refractivity contribution < 1.29 is 9.63 Å². The highest BCUT2D eigenvalue weighted by Crippen LogP contribution is 2.34. The quantitative estimate of drug-likeness (QED) is 0.919. The van der Waals surface area contributed by atoms with E-state index in [9.17, 15) is 5.11 Å². The van der Waals surface area contributed by atoms with Crippen LogP contribution in [0.25, 0.3) is 11.4 Å². The first-order chi connectivity index (χ1) is 11.1. The van der Waals surface area contributed by atoms with E-state index in [-0.39, 0.29) is 12.0 Å². The fourth-order valence-electron chi connectivity index (χ4n) is 3.14. The summed E-state index contributed by atoms with van der Waals surface area (Å²) < 4.78 is 5.40. The third-order valence-electron chi connectivity index (χ3n) is 5.14. The number of aliphatic hydroxyl groups excluding tert-OH is 1. The van der Waals surface area contributed by atoms with E-state index in [1.165, 1.54) is 5.56 Å². The molecule has 3 rings (SSSR count). The molecule has 0 bridgehead atoms. The third-order valence-corrected chi connectivity index (χ3v) is 5.14. The molecule has 2 heterocycles. The molecule has 0 atom stereocenters. The molecule has 124 valence electrons. The van der Waals surface area contributed by atoms with Crippen LogP contribution in [0.1, 0.15) is 37.6 Å². The molecule has 1 fully saturated rings. The molecule has 1 aromatic heterocycles. The van der Waals surface area contributed by atoms with E-state index in [2.05, 4.69) is 41.0 Å². The van der Waals surface area contributed by atoms with Gasteiger partial charge in [0.15, 0.2) is 0 Å². The second kappa shape index (κ2) is 6.81. The first-order valence-corrected chi connectivity index (χ1v) is 8.37. The lowest BCUT2D eigenvalue weighted by Crippen LogP contribution is -2.41. The van der Waals surface area contributed by atoms with Crippen LogP contribution in [0.5, 0.6) is 0 Å². The van der Waals surface area contributed by atoms with Gasteiger partial charge in [-0.2, -0.15) is 4.98 Å². The number of benzene rings is 1. The normalized spacial score (nSPS) is 18.2. The van der Waals surface area contributed by atoms with Gasteiger partial charge in [0, 0.05) is 12.2 Å². The van der Waals surface area contributed by atoms with Crippen LogP contribution in [0.15, 0.2) is 28.8 Å². The molecule has 5 nitrogen and oxygen atoms in total. The molecular formula is C18H25N3O2. The van der Waals surface area contributed by atoms with Crippen molar-refractivity contribution in [2.45, 2.75) is 39.7 Å². The minimum Gasteiger partial charge on any atom is -0.396 e. The number of hydrogen-bond donors (Lipinski definition) is 1. The van der Waals surface area contributed by atoms with E-state index in [4.69, 9.17) is 4.52 Å². The summed E-state index contributed by atoms with van der Waals surface area (Å²) in [6.07, 6.45) is 3.09. The number of aromatic nitrogens is 2. The molecule has 1 saturated heterocycles. The number of nitrogens with zero attached hydrogens (tertiary/aromatic N) is 3. The second-order valence-corrected chi connectivity index (χ2v) is 6.67. The van der Waals surface area contributed by atoms with Crippen molar-refractivity contribution in [1.29, 1.82) is 0 Å². The minimum atomic E-state index is 0.110. The zero-order chi connectivity index (χ0) is 16.3. The summed E-state index contributed by atoms with van der Waals surface area (Å²) in [6.45, 7) is 7.13. The van der Waals surface area contributed by atoms with Crippen molar-refractivity contribution in [3.8, 4) is 11.4 Å². The average molecular weight is 315 g/mol. The lowest BCUT2D eigenvalue weighted by Gasteiger charge is -2.39. The standard InChI is InChI=1S/C18H25N3O2/c1-3-18(13-22)8-10-21(11-9-18)12-16-19-17(20-23-16)15-6-4-14(2)5-7-15/h4-7,22H,3,8-13H2,1-2H3. The third kappa shape index (κ3) is 3.62. The Morgan fingerprint density at radius 2 is 1.91 bits per heavy atom. The monoisotopic (exact) mass is 315 g/mol. The molecule has 5 heteroatoms. The Hall–Kier alpha value is -1.72. The van der Waals surface area contributed by atoms with Crippen LogP contribution < -0.4 is 0 Å². The average Bonchev–Trinajstić information content (AvgIpc) is 3.05. The molecule has 0 aliphatic carbocycles. The van der Waals surface area contributed by atoms with Gasteiger partial charge in [-0.05, 0) is 44.7 Å². The zero-order valence-corrected chi connectivity index (χ0v) is 14.0. The molecular weight excluding hydrogens is 290 g/mol. The summed E-state index contributed by atoms with van der Waals surface area (Å²) in [5, 5.41) is 13.7. The summed E-state index contributed by atoms with van der Waals surface area (Å²) in [5.41, 5.74) is 2.31. The maximum absolute atomic E-state index is 9.61. The van der Waals surface area contributed by atoms with E-state index in [0.717, 1.165) is 37.9 Å². The Kier molecular flexibility index (Phi) is 4.78. The van der Waals surface area contributed by atoms with Crippen molar-refractivity contribution in [3.63, 3.8) is 0 Å². The number of aliphatic hydroxyl groups is 1. The maximum Gasteiger partial charge on any atom is 0.241 e. The van der Waals surface area contributed by atoms with Gasteiger partial charge < -0.3 is 9.63 Å². The molecule has 23 heavy (non-hydrogen) atoms. The van der Waals surface area contributed by atoms with Crippen LogP contribution in [-0.2, 0) is 6.54 Å². The predicted octanol–water partition coefficient (Wildman–Crippen LogP) is 3.03. The number of aryl methyl sites for hydroxylation is 1. The number of hydrogen-bond acceptors (Lipinski definition) is 5. The molecule has 2 aromatic rings. The van der Waals surface area contributed by atoms with Crippen molar-refractivity contribution in [1.82, 2.24) is 15.0 Å². The molecule has 1 aliphatic heterocycles. The van der Waals surface area contributed by atoms with Gasteiger partial charge in [0.25, 0.3) is 0 Å². The highest BCUT2D eigenvalue weighted by atomic mass is 16.5. The van der Waals surface area contributed by atoms with Crippen LogP contribution in [-0.4, -0.2) is 39.8 Å². The number of rotatable bonds is 5. The molecule has 1 aliphatic rings. The van der Waals surface area contributed by atoms with Crippen molar-refractivity contribution >= 4 is 0 Å². The number of piperidine rings is 1. The Balaban J connectivity index is 1.61. The molecule has 0 unspecified atom stereocenters. The summed E-state index contributed by atoms with van der Waals surface area (Å²) in [7, 11) is 0. The maximum atomic E-state index is 9.61. The SMILES string of the molecule is CCC1(CO)CCN(Cc2nc(-c3ccc(C)cc3)no2)CC1. The van der Waals surface area contributed by atoms with E-state index < -0.39 is 0 Å². The predicted molar refractivity (Wildman–Crippen MR) is 88.8 cm³/mol. The van der Waals surface area contributed by atoms with Gasteiger partial charge in [-0.15, -0.1) is 0 Å². The first kappa shape index (κ1) is 16.1. The summed E-state index contributed by atoms with van der Waals surface area (Å²) in [4.78, 5) is 6.84. The molecule has 0 amide bonds. The number of likely N-dealkylation sites (tertiary alicyclic amines) is 1. The summed E-state index contributed by atoms with van der Waals surface area (Å²) in [5.74, 6) is 1.31. The topological polar surface area (TPSA) is 62.4 Å². The van der Waals surface area contributed by atoms with Gasteiger partial charge in [-0.25, -0.2) is 0 Å². The molecule has 0 saturated carbocycles. The zero-order valence-electron chi connectivity index (χ0n) is 14.0. The van der Waals surface area contributed by atoms with Gasteiger partial charge in [0.05, 0.1) is 6.54 Å². The Labute approximate surface area is 137 Å². The fraction of sp³-hybridized carbons (Fsp3) is 0.556. The fourth-order valence-corrected chi connectivity index (χ4v) is 3.14. The smallest absolute Gasteiger partial charge is 0.241 e. The largest absolute Gasteiger partial charge is 0.396 e. The van der Waals surface area contributed by atoms with E-state index in [1.807, 2.05) is 12.1 Å². The lowest BCUT2D eigenvalue weighted by molar-refractivity contribution is 0.0348. The Morgan fingerprint density at radius 3 is 2.52 bits per heavy atom. The lowest BCUT2D eigenvalue weighted by atomic mass is 9.77. The Morgan fingerprint density at radius 1 is 1.22 bits per heavy atom. The molecule has 0 radical (unpaired) electrons. The van der Waals surface area contributed by atoms with Crippen molar-refractivity contribution in [2.24, 2.45) is 5.41 Å². The van der Waals surface area contributed by atoms with Gasteiger partial charge in [-0.3, -0.25) is 4.90 Å². The van der Waals surface area contributed by atoms with E-state index in [1.54, 1.807) is 0 Å². The van der Waals surface area contributed by atoms with Crippen molar-refractivity contribution in [3.05, 3.63) is 35.7 Å². The minimum absolute atomic E-state index is 0.110. The van der Waals surface area contributed by atoms with Crippen LogP contribution in [0, 0.1) is 12.3 Å². The Bertz CT molecular complexity index is 622. The van der Waals surface area contributed by atoms with E-state index in [0.29, 0.717) is 18.3 Å². The van der Waals surface area contributed by atoms with Crippen LogP contribution in [0.4, 0.5) is 0 Å². The summed E-state index contributed by atoms with van der Waals surface area (Å²) >= 11 is 0. The van der Waals surface area contributed by atoms with Gasteiger partial charge >= 0.3 is 0 Å². The van der Waals surface area contributed by atoms with E-state index >= 15 is 0 Å². The molecule has 0 spiro atoms. The second-order valence-electron chi connectivity index (χ2n) is 6.67. The van der Waals surface area contributed by atoms with Crippen LogP contribution in [0.2, 0.25) is 0 Å².